The normalized spacial score (nSPS) is 27.0. The monoisotopic (exact) mass is 639 g/mol. The first-order valence-electron chi connectivity index (χ1n) is 14.2. The van der Waals surface area contributed by atoms with Gasteiger partial charge in [-0.15, -0.1) is 0 Å². The molecule has 44 heavy (non-hydrogen) atoms. The molecule has 3 aromatic rings. The predicted molar refractivity (Wildman–Crippen MR) is 156 cm³/mol. The Balaban J connectivity index is 1.29. The molecule has 5 heterocycles. The molecule has 18 nitrogen and oxygen atoms in total. The van der Waals surface area contributed by atoms with Crippen molar-refractivity contribution in [2.75, 3.05) is 46.1 Å². The van der Waals surface area contributed by atoms with Gasteiger partial charge in [0.25, 0.3) is 5.56 Å². The number of aromatic amines is 1. The molecular formula is C25H38N9O9P. The van der Waals surface area contributed by atoms with Crippen molar-refractivity contribution in [3.05, 3.63) is 45.3 Å². The predicted octanol–water partition coefficient (Wildman–Crippen LogP) is -0.753. The fourth-order valence-electron chi connectivity index (χ4n) is 5.14. The molecule has 5 rings (SSSR count). The molecule has 0 aliphatic carbocycles. The van der Waals surface area contributed by atoms with Crippen molar-refractivity contribution in [1.29, 1.82) is 0 Å². The summed E-state index contributed by atoms with van der Waals surface area (Å²) < 4.78 is 40.6. The second-order valence-corrected chi connectivity index (χ2v) is 12.8. The molecule has 242 valence electrons. The van der Waals surface area contributed by atoms with Crippen LogP contribution in [0.3, 0.4) is 0 Å². The number of fused-ring (bicyclic) bond motifs is 1. The molecule has 2 aliphatic rings. The largest absolute Gasteiger partial charge is 0.405 e. The van der Waals surface area contributed by atoms with Gasteiger partial charge in [-0.05, 0) is 34.0 Å². The number of H-pyrrole nitrogens is 1. The number of imidazole rings is 1. The number of aliphatic hydroxyl groups excluding tert-OH is 2. The summed E-state index contributed by atoms with van der Waals surface area (Å²) in [5, 5.41) is 23.7. The lowest BCUT2D eigenvalue weighted by atomic mass is 10.2. The number of hydrogen-bond donors (Lipinski definition) is 5. The summed E-state index contributed by atoms with van der Waals surface area (Å²) in [7, 11) is -0.262. The third-order valence-electron chi connectivity index (χ3n) is 7.49. The summed E-state index contributed by atoms with van der Waals surface area (Å²) in [6, 6.07) is 0. The SMILES string of the molecule is Cc1cn([C@H]2CC(OP(=O)(NCCCN(C)C)OC[C@H]3O[C@@H](n4cnc5c(N)ncnc54)CC3O)[C@@H](CO)O2)c(=O)[nH]c1=O. The van der Waals surface area contributed by atoms with E-state index in [0.29, 0.717) is 29.7 Å². The standard InChI is InChI=1S/C25H38N9O9P/c1-14-9-33(25(38)31-24(14)37)20-8-16(17(10-35)41-20)43-44(39,30-5-4-6-32(2)3)40-11-18-15(36)7-19(42-18)34-13-29-21-22(26)27-12-28-23(21)34/h9,12-13,15-20,35-36H,4-8,10-11H2,1-3H3,(H,30,39)(H2,26,27,28)(H,31,37,38)/t15?,16?,17-,18-,19-,20-,44?/m1/s1. The Morgan fingerprint density at radius 2 is 1.93 bits per heavy atom. The van der Waals surface area contributed by atoms with E-state index >= 15 is 0 Å². The lowest BCUT2D eigenvalue weighted by Crippen LogP contribution is -2.33. The van der Waals surface area contributed by atoms with Crippen molar-refractivity contribution in [3.8, 4) is 0 Å². The number of ether oxygens (including phenoxy) is 2. The Morgan fingerprint density at radius 1 is 1.18 bits per heavy atom. The maximum atomic E-state index is 14.1. The van der Waals surface area contributed by atoms with Gasteiger partial charge in [-0.1, -0.05) is 0 Å². The summed E-state index contributed by atoms with van der Waals surface area (Å²) >= 11 is 0. The molecule has 0 spiro atoms. The first-order valence-corrected chi connectivity index (χ1v) is 15.7. The maximum Gasteiger partial charge on any atom is 0.405 e. The zero-order valence-corrected chi connectivity index (χ0v) is 25.5. The average molecular weight is 640 g/mol. The van der Waals surface area contributed by atoms with Crippen LogP contribution in [-0.4, -0.2) is 109 Å². The van der Waals surface area contributed by atoms with E-state index in [2.05, 4.69) is 25.0 Å². The number of aryl methyl sites for hydroxylation is 1. The number of nitrogens with two attached hydrogens (primary N) is 1. The van der Waals surface area contributed by atoms with Crippen molar-refractivity contribution in [2.24, 2.45) is 0 Å². The topological polar surface area (TPSA) is 234 Å². The number of anilines is 1. The van der Waals surface area contributed by atoms with Crippen LogP contribution in [0.5, 0.6) is 0 Å². The number of aromatic nitrogens is 6. The Kier molecular flexibility index (Phi) is 9.93. The van der Waals surface area contributed by atoms with E-state index in [4.69, 9.17) is 24.3 Å². The van der Waals surface area contributed by atoms with E-state index < -0.39 is 62.5 Å². The third kappa shape index (κ3) is 7.09. The van der Waals surface area contributed by atoms with Gasteiger partial charge >= 0.3 is 13.4 Å². The van der Waals surface area contributed by atoms with Crippen molar-refractivity contribution >= 4 is 24.7 Å². The Hall–Kier alpha value is -3.06. The van der Waals surface area contributed by atoms with Gasteiger partial charge in [0.2, 0.25) is 0 Å². The lowest BCUT2D eigenvalue weighted by Gasteiger charge is -2.26. The van der Waals surface area contributed by atoms with E-state index in [1.807, 2.05) is 19.0 Å². The highest BCUT2D eigenvalue weighted by Crippen LogP contribution is 2.49. The summed E-state index contributed by atoms with van der Waals surface area (Å²) in [5.41, 5.74) is 5.81. The summed E-state index contributed by atoms with van der Waals surface area (Å²) in [6.07, 6.45) is -0.277. The van der Waals surface area contributed by atoms with Gasteiger partial charge in [0.1, 0.15) is 42.6 Å². The van der Waals surface area contributed by atoms with Crippen LogP contribution in [0.2, 0.25) is 0 Å². The van der Waals surface area contributed by atoms with Crippen LogP contribution in [0.25, 0.3) is 11.2 Å². The highest BCUT2D eigenvalue weighted by Gasteiger charge is 2.43. The van der Waals surface area contributed by atoms with E-state index in [-0.39, 0.29) is 31.8 Å². The van der Waals surface area contributed by atoms with Crippen LogP contribution in [0, 0.1) is 6.92 Å². The molecule has 19 heteroatoms. The molecule has 0 bridgehead atoms. The third-order valence-corrected chi connectivity index (χ3v) is 9.14. The molecule has 0 aromatic carbocycles. The van der Waals surface area contributed by atoms with E-state index in [1.54, 1.807) is 11.5 Å². The van der Waals surface area contributed by atoms with Crippen molar-refractivity contribution in [3.63, 3.8) is 0 Å². The van der Waals surface area contributed by atoms with Gasteiger partial charge in [0, 0.05) is 31.1 Å². The minimum absolute atomic E-state index is 0.0344. The highest BCUT2D eigenvalue weighted by atomic mass is 31.2. The summed E-state index contributed by atoms with van der Waals surface area (Å²) in [4.78, 5) is 40.9. The highest BCUT2D eigenvalue weighted by molar-refractivity contribution is 7.51. The van der Waals surface area contributed by atoms with Gasteiger partial charge in [-0.25, -0.2) is 29.4 Å². The Morgan fingerprint density at radius 3 is 2.68 bits per heavy atom. The van der Waals surface area contributed by atoms with Crippen LogP contribution >= 0.6 is 7.75 Å². The average Bonchev–Trinajstić information content (AvgIpc) is 3.69. The van der Waals surface area contributed by atoms with Gasteiger partial charge in [0.05, 0.1) is 25.6 Å². The molecular weight excluding hydrogens is 601 g/mol. The molecule has 0 saturated carbocycles. The molecule has 2 aliphatic heterocycles. The molecule has 6 N–H and O–H groups in total. The molecule has 2 fully saturated rings. The smallest absolute Gasteiger partial charge is 0.394 e. The molecule has 0 radical (unpaired) electrons. The van der Waals surface area contributed by atoms with Crippen molar-refractivity contribution in [1.82, 2.24) is 39.1 Å². The lowest BCUT2D eigenvalue weighted by molar-refractivity contribution is -0.0521. The minimum atomic E-state index is -4.08. The van der Waals surface area contributed by atoms with Crippen LogP contribution in [0.15, 0.2) is 28.4 Å². The second kappa shape index (κ2) is 13.5. The molecule has 3 unspecified atom stereocenters. The quantitative estimate of drug-likeness (QED) is 0.114. The van der Waals surface area contributed by atoms with E-state index in [9.17, 15) is 24.4 Å². The summed E-state index contributed by atoms with van der Waals surface area (Å²) in [6.45, 7) is 1.74. The fraction of sp³-hybridized carbons (Fsp3) is 0.640. The first kappa shape index (κ1) is 32.3. The fourth-order valence-corrected chi connectivity index (χ4v) is 6.72. The van der Waals surface area contributed by atoms with Crippen LogP contribution in [0.1, 0.15) is 37.3 Å². The Bertz CT molecular complexity index is 1610. The molecule has 7 atom stereocenters. The number of nitrogens with zero attached hydrogens (tertiary/aromatic N) is 6. The molecule has 3 aromatic heterocycles. The number of rotatable bonds is 13. The molecule has 2 saturated heterocycles. The first-order chi connectivity index (χ1) is 21.0. The van der Waals surface area contributed by atoms with Crippen molar-refractivity contribution < 1.29 is 33.3 Å². The van der Waals surface area contributed by atoms with Gasteiger partial charge in [-0.2, -0.15) is 0 Å². The van der Waals surface area contributed by atoms with Crippen LogP contribution < -0.4 is 22.1 Å². The number of nitrogens with one attached hydrogen (secondary N) is 2. The zero-order valence-electron chi connectivity index (χ0n) is 24.6. The van der Waals surface area contributed by atoms with Gasteiger partial charge in [-0.3, -0.25) is 28.0 Å². The number of aliphatic hydroxyl groups is 2. The minimum Gasteiger partial charge on any atom is -0.394 e. The number of hydrogen-bond acceptors (Lipinski definition) is 14. The Labute approximate surface area is 251 Å². The van der Waals surface area contributed by atoms with E-state index in [0.717, 1.165) is 0 Å². The van der Waals surface area contributed by atoms with Gasteiger partial charge < -0.3 is 30.3 Å². The summed E-state index contributed by atoms with van der Waals surface area (Å²) in [5.74, 6) is 0.213. The molecule has 0 amide bonds. The zero-order chi connectivity index (χ0) is 31.6. The second-order valence-electron chi connectivity index (χ2n) is 11.0. The number of nitrogen functional groups attached to an aromatic ring is 1. The van der Waals surface area contributed by atoms with Crippen molar-refractivity contribution in [2.45, 2.75) is 63.1 Å². The van der Waals surface area contributed by atoms with Gasteiger partial charge in [0.15, 0.2) is 11.5 Å². The van der Waals surface area contributed by atoms with E-state index in [1.165, 1.54) is 23.4 Å². The maximum absolute atomic E-state index is 14.1. The van der Waals surface area contributed by atoms with Crippen LogP contribution in [0.4, 0.5) is 5.82 Å². The van der Waals surface area contributed by atoms with Crippen LogP contribution in [-0.2, 0) is 23.1 Å².